The highest BCUT2D eigenvalue weighted by Gasteiger charge is 2.27. The molecule has 2 atom stereocenters. The van der Waals surface area contributed by atoms with Gasteiger partial charge in [-0.2, -0.15) is 0 Å². The summed E-state index contributed by atoms with van der Waals surface area (Å²) in [4.78, 5) is 24.0. The molecule has 114 valence electrons. The highest BCUT2D eigenvalue weighted by Crippen LogP contribution is 2.26. The molecule has 0 aromatic heterocycles. The Bertz CT molecular complexity index is 480. The first-order chi connectivity index (χ1) is 10.1. The van der Waals surface area contributed by atoms with Crippen molar-refractivity contribution in [3.05, 3.63) is 35.9 Å². The Hall–Kier alpha value is -1.84. The summed E-state index contributed by atoms with van der Waals surface area (Å²) in [5.74, 6) is -0.507. The van der Waals surface area contributed by atoms with Gasteiger partial charge >= 0.3 is 5.97 Å². The number of rotatable bonds is 5. The third-order valence-electron chi connectivity index (χ3n) is 4.01. The average molecular weight is 289 g/mol. The van der Waals surface area contributed by atoms with Crippen molar-refractivity contribution in [2.24, 2.45) is 5.92 Å². The first kappa shape index (κ1) is 15.5. The van der Waals surface area contributed by atoms with Gasteiger partial charge in [-0.05, 0) is 32.3 Å². The van der Waals surface area contributed by atoms with Crippen LogP contribution in [0.2, 0.25) is 0 Å². The molecule has 2 rings (SSSR count). The highest BCUT2D eigenvalue weighted by molar-refractivity contribution is 5.84. The fourth-order valence-electron chi connectivity index (χ4n) is 2.64. The SMILES string of the molecule is C[C@H](NC(=O)[C@@H](C)OC(=O)C1CCCC1)c1ccccc1. The molecule has 0 bridgehead atoms. The molecule has 21 heavy (non-hydrogen) atoms. The molecule has 1 aliphatic carbocycles. The zero-order chi connectivity index (χ0) is 15.2. The number of hydrogen-bond donors (Lipinski definition) is 1. The van der Waals surface area contributed by atoms with Crippen molar-refractivity contribution in [3.63, 3.8) is 0 Å². The fraction of sp³-hybridized carbons (Fsp3) is 0.529. The lowest BCUT2D eigenvalue weighted by atomic mass is 10.1. The number of ether oxygens (including phenoxy) is 1. The number of esters is 1. The number of hydrogen-bond acceptors (Lipinski definition) is 3. The minimum Gasteiger partial charge on any atom is -0.452 e. The van der Waals surface area contributed by atoms with Gasteiger partial charge in [-0.1, -0.05) is 43.2 Å². The van der Waals surface area contributed by atoms with E-state index in [9.17, 15) is 9.59 Å². The van der Waals surface area contributed by atoms with Gasteiger partial charge in [0, 0.05) is 0 Å². The molecule has 1 aliphatic rings. The van der Waals surface area contributed by atoms with E-state index in [1.54, 1.807) is 6.92 Å². The zero-order valence-corrected chi connectivity index (χ0v) is 12.7. The molecule has 0 saturated heterocycles. The number of nitrogens with one attached hydrogen (secondary N) is 1. The Morgan fingerprint density at radius 3 is 2.38 bits per heavy atom. The van der Waals surface area contributed by atoms with E-state index < -0.39 is 6.10 Å². The maximum Gasteiger partial charge on any atom is 0.309 e. The second kappa shape index (κ2) is 7.25. The molecular weight excluding hydrogens is 266 g/mol. The van der Waals surface area contributed by atoms with Crippen molar-refractivity contribution >= 4 is 11.9 Å². The first-order valence-corrected chi connectivity index (χ1v) is 7.63. The zero-order valence-electron chi connectivity index (χ0n) is 12.7. The maximum atomic E-state index is 12.1. The van der Waals surface area contributed by atoms with Gasteiger partial charge in [-0.25, -0.2) is 0 Å². The topological polar surface area (TPSA) is 55.4 Å². The predicted octanol–water partition coefficient (Wildman–Crippen LogP) is 2.99. The Labute approximate surface area is 125 Å². The van der Waals surface area contributed by atoms with Crippen molar-refractivity contribution in [2.45, 2.75) is 51.7 Å². The van der Waals surface area contributed by atoms with Crippen LogP contribution >= 0.6 is 0 Å². The number of amides is 1. The number of carbonyl (C=O) groups excluding carboxylic acids is 2. The van der Waals surface area contributed by atoms with E-state index in [-0.39, 0.29) is 23.8 Å². The third-order valence-corrected chi connectivity index (χ3v) is 4.01. The van der Waals surface area contributed by atoms with Gasteiger partial charge in [-0.3, -0.25) is 9.59 Å². The summed E-state index contributed by atoms with van der Waals surface area (Å²) < 4.78 is 5.28. The van der Waals surface area contributed by atoms with E-state index in [4.69, 9.17) is 4.74 Å². The van der Waals surface area contributed by atoms with Gasteiger partial charge in [0.15, 0.2) is 6.10 Å². The van der Waals surface area contributed by atoms with Crippen molar-refractivity contribution in [1.29, 1.82) is 0 Å². The van der Waals surface area contributed by atoms with Gasteiger partial charge in [-0.15, -0.1) is 0 Å². The second-order valence-corrected chi connectivity index (χ2v) is 5.70. The maximum absolute atomic E-state index is 12.1. The molecule has 4 nitrogen and oxygen atoms in total. The number of carbonyl (C=O) groups is 2. The van der Waals surface area contributed by atoms with Crippen molar-refractivity contribution in [3.8, 4) is 0 Å². The summed E-state index contributed by atoms with van der Waals surface area (Å²) in [6, 6.07) is 9.61. The monoisotopic (exact) mass is 289 g/mol. The van der Waals surface area contributed by atoms with Gasteiger partial charge < -0.3 is 10.1 Å². The van der Waals surface area contributed by atoms with Crippen molar-refractivity contribution in [1.82, 2.24) is 5.32 Å². The van der Waals surface area contributed by atoms with Crippen LogP contribution in [-0.2, 0) is 14.3 Å². The van der Waals surface area contributed by atoms with Crippen LogP contribution in [-0.4, -0.2) is 18.0 Å². The standard InChI is InChI=1S/C17H23NO3/c1-12(14-8-4-3-5-9-14)18-16(19)13(2)21-17(20)15-10-6-7-11-15/h3-5,8-9,12-13,15H,6-7,10-11H2,1-2H3,(H,18,19)/t12-,13+/m0/s1. The van der Waals surface area contributed by atoms with E-state index in [0.717, 1.165) is 31.2 Å². The van der Waals surface area contributed by atoms with Crippen LogP contribution in [0.3, 0.4) is 0 Å². The molecule has 1 fully saturated rings. The Balaban J connectivity index is 1.83. The van der Waals surface area contributed by atoms with E-state index in [1.807, 2.05) is 37.3 Å². The van der Waals surface area contributed by atoms with E-state index >= 15 is 0 Å². The summed E-state index contributed by atoms with van der Waals surface area (Å²) in [6.07, 6.45) is 3.17. The first-order valence-electron chi connectivity index (χ1n) is 7.63. The summed E-state index contributed by atoms with van der Waals surface area (Å²) in [5, 5.41) is 2.88. The molecule has 0 aliphatic heterocycles. The van der Waals surface area contributed by atoms with E-state index in [1.165, 1.54) is 0 Å². The van der Waals surface area contributed by atoms with Crippen LogP contribution < -0.4 is 5.32 Å². The summed E-state index contributed by atoms with van der Waals surface area (Å²) in [5.41, 5.74) is 1.03. The Kier molecular flexibility index (Phi) is 5.37. The van der Waals surface area contributed by atoms with Gasteiger partial charge in [0.1, 0.15) is 0 Å². The molecule has 1 amide bonds. The molecule has 0 unspecified atom stereocenters. The van der Waals surface area contributed by atoms with Crippen LogP contribution in [0.15, 0.2) is 30.3 Å². The molecular formula is C17H23NO3. The summed E-state index contributed by atoms with van der Waals surface area (Å²) >= 11 is 0. The lowest BCUT2D eigenvalue weighted by Gasteiger charge is -2.19. The molecule has 4 heteroatoms. The molecule has 0 heterocycles. The summed E-state index contributed by atoms with van der Waals surface area (Å²) in [7, 11) is 0. The van der Waals surface area contributed by atoms with Crippen LogP contribution in [0.25, 0.3) is 0 Å². The average Bonchev–Trinajstić information content (AvgIpc) is 3.02. The molecule has 1 saturated carbocycles. The minimum absolute atomic E-state index is 0.0215. The lowest BCUT2D eigenvalue weighted by molar-refractivity contribution is -0.158. The third kappa shape index (κ3) is 4.31. The normalized spacial score (nSPS) is 18.0. The largest absolute Gasteiger partial charge is 0.452 e. The molecule has 1 N–H and O–H groups in total. The second-order valence-electron chi connectivity index (χ2n) is 5.70. The predicted molar refractivity (Wildman–Crippen MR) is 80.5 cm³/mol. The smallest absolute Gasteiger partial charge is 0.309 e. The van der Waals surface area contributed by atoms with Crippen LogP contribution in [0.4, 0.5) is 0 Å². The highest BCUT2D eigenvalue weighted by atomic mass is 16.5. The van der Waals surface area contributed by atoms with Crippen LogP contribution in [0.1, 0.15) is 51.1 Å². The molecule has 0 spiro atoms. The van der Waals surface area contributed by atoms with Crippen LogP contribution in [0, 0.1) is 5.92 Å². The molecule has 1 aromatic rings. The Morgan fingerprint density at radius 2 is 1.76 bits per heavy atom. The summed E-state index contributed by atoms with van der Waals surface area (Å²) in [6.45, 7) is 3.54. The van der Waals surface area contributed by atoms with Crippen LogP contribution in [0.5, 0.6) is 0 Å². The fourth-order valence-corrected chi connectivity index (χ4v) is 2.64. The lowest BCUT2D eigenvalue weighted by Crippen LogP contribution is -2.38. The number of benzene rings is 1. The quantitative estimate of drug-likeness (QED) is 0.848. The van der Waals surface area contributed by atoms with E-state index in [2.05, 4.69) is 5.32 Å². The molecule has 0 radical (unpaired) electrons. The van der Waals surface area contributed by atoms with Gasteiger partial charge in [0.25, 0.3) is 5.91 Å². The Morgan fingerprint density at radius 1 is 1.14 bits per heavy atom. The van der Waals surface area contributed by atoms with Gasteiger partial charge in [0.2, 0.25) is 0 Å². The minimum atomic E-state index is -0.746. The van der Waals surface area contributed by atoms with Crippen molar-refractivity contribution in [2.75, 3.05) is 0 Å². The van der Waals surface area contributed by atoms with Crippen molar-refractivity contribution < 1.29 is 14.3 Å². The van der Waals surface area contributed by atoms with Gasteiger partial charge in [0.05, 0.1) is 12.0 Å². The molecule has 1 aromatic carbocycles. The van der Waals surface area contributed by atoms with E-state index in [0.29, 0.717) is 0 Å².